The zero-order valence-corrected chi connectivity index (χ0v) is 18.2. The SMILES string of the molecule is O=C(Nc1ccccc1NC12CC3CC(CC(C3)C1)C2)c1ccc(N2CCOC2=O)cc1. The molecule has 1 saturated heterocycles. The van der Waals surface area contributed by atoms with Gasteiger partial charge in [0.2, 0.25) is 0 Å². The highest BCUT2D eigenvalue weighted by Crippen LogP contribution is 2.56. The van der Waals surface area contributed by atoms with Crippen LogP contribution in [0.5, 0.6) is 0 Å². The van der Waals surface area contributed by atoms with Crippen molar-refractivity contribution >= 4 is 29.1 Å². The number of rotatable bonds is 5. The van der Waals surface area contributed by atoms with Crippen molar-refractivity contribution in [2.75, 3.05) is 28.7 Å². The molecule has 4 saturated carbocycles. The number of benzene rings is 2. The van der Waals surface area contributed by atoms with Gasteiger partial charge in [0.1, 0.15) is 6.61 Å². The maximum Gasteiger partial charge on any atom is 0.414 e. The predicted molar refractivity (Wildman–Crippen MR) is 124 cm³/mol. The van der Waals surface area contributed by atoms with Gasteiger partial charge in [0.25, 0.3) is 5.91 Å². The number of carbonyl (C=O) groups excluding carboxylic acids is 2. The largest absolute Gasteiger partial charge is 0.447 e. The number of hydrogen-bond donors (Lipinski definition) is 2. The summed E-state index contributed by atoms with van der Waals surface area (Å²) in [6.45, 7) is 0.933. The second-order valence-electron chi connectivity index (χ2n) is 10.1. The molecule has 2 aromatic rings. The third-order valence-corrected chi connectivity index (χ3v) is 7.82. The van der Waals surface area contributed by atoms with Gasteiger partial charge in [-0.3, -0.25) is 9.69 Å². The minimum Gasteiger partial charge on any atom is -0.447 e. The molecule has 2 aromatic carbocycles. The second-order valence-corrected chi connectivity index (χ2v) is 10.1. The molecule has 0 aromatic heterocycles. The van der Waals surface area contributed by atoms with Gasteiger partial charge in [-0.1, -0.05) is 12.1 Å². The molecule has 1 heterocycles. The molecule has 2 N–H and O–H groups in total. The Morgan fingerprint density at radius 3 is 2.12 bits per heavy atom. The van der Waals surface area contributed by atoms with Crippen LogP contribution in [0.1, 0.15) is 48.9 Å². The zero-order chi connectivity index (χ0) is 21.7. The van der Waals surface area contributed by atoms with Crippen LogP contribution in [0.25, 0.3) is 0 Å². The molecule has 0 radical (unpaired) electrons. The molecule has 0 atom stereocenters. The van der Waals surface area contributed by atoms with Crippen LogP contribution in [-0.2, 0) is 4.74 Å². The number of anilines is 3. The van der Waals surface area contributed by atoms with Crippen molar-refractivity contribution in [2.45, 2.75) is 44.1 Å². The van der Waals surface area contributed by atoms with Crippen molar-refractivity contribution in [3.8, 4) is 0 Å². The van der Waals surface area contributed by atoms with E-state index in [-0.39, 0.29) is 17.5 Å². The van der Waals surface area contributed by atoms with E-state index < -0.39 is 0 Å². The van der Waals surface area contributed by atoms with Gasteiger partial charge in [0.15, 0.2) is 0 Å². The molecular formula is C26H29N3O3. The Labute approximate surface area is 188 Å². The minimum atomic E-state index is -0.341. The molecule has 166 valence electrons. The number of hydrogen-bond acceptors (Lipinski definition) is 4. The third kappa shape index (κ3) is 3.51. The maximum absolute atomic E-state index is 13.0. The van der Waals surface area contributed by atoms with Gasteiger partial charge in [-0.2, -0.15) is 0 Å². The standard InChI is InChI=1S/C26H29N3O3/c30-24(20-5-7-21(8-6-20)29-9-10-32-25(29)31)27-22-3-1-2-4-23(22)28-26-14-17-11-18(15-26)13-19(12-17)16-26/h1-8,17-19,28H,9-16H2,(H,27,30). The topological polar surface area (TPSA) is 70.7 Å². The van der Waals surface area contributed by atoms with Crippen LogP contribution in [0.4, 0.5) is 21.9 Å². The van der Waals surface area contributed by atoms with E-state index in [9.17, 15) is 9.59 Å². The van der Waals surface area contributed by atoms with E-state index >= 15 is 0 Å². The molecule has 2 amide bonds. The highest BCUT2D eigenvalue weighted by Gasteiger charge is 2.51. The van der Waals surface area contributed by atoms with Crippen LogP contribution in [-0.4, -0.2) is 30.7 Å². The number of carbonyl (C=O) groups is 2. The second kappa shape index (κ2) is 7.54. The Hall–Kier alpha value is -3.02. The molecule has 4 aliphatic carbocycles. The Balaban J connectivity index is 1.18. The monoisotopic (exact) mass is 431 g/mol. The molecule has 6 heteroatoms. The van der Waals surface area contributed by atoms with Crippen molar-refractivity contribution in [3.63, 3.8) is 0 Å². The highest BCUT2D eigenvalue weighted by atomic mass is 16.6. The Morgan fingerprint density at radius 1 is 0.906 bits per heavy atom. The molecule has 0 spiro atoms. The Bertz CT molecular complexity index is 1010. The van der Waals surface area contributed by atoms with E-state index in [0.717, 1.165) is 34.8 Å². The summed E-state index contributed by atoms with van der Waals surface area (Å²) in [4.78, 5) is 26.3. The highest BCUT2D eigenvalue weighted by molar-refractivity contribution is 6.06. The lowest BCUT2D eigenvalue weighted by Gasteiger charge is -2.57. The van der Waals surface area contributed by atoms with Gasteiger partial charge in [-0.15, -0.1) is 0 Å². The van der Waals surface area contributed by atoms with Crippen molar-refractivity contribution in [1.82, 2.24) is 0 Å². The van der Waals surface area contributed by atoms with Crippen molar-refractivity contribution in [1.29, 1.82) is 0 Å². The van der Waals surface area contributed by atoms with Gasteiger partial charge in [0, 0.05) is 16.8 Å². The average molecular weight is 432 g/mol. The lowest BCUT2D eigenvalue weighted by atomic mass is 9.53. The normalized spacial score (nSPS) is 30.3. The predicted octanol–water partition coefficient (Wildman–Crippen LogP) is 5.28. The summed E-state index contributed by atoms with van der Waals surface area (Å²) in [5.74, 6) is 2.44. The van der Waals surface area contributed by atoms with Gasteiger partial charge >= 0.3 is 6.09 Å². The quantitative estimate of drug-likeness (QED) is 0.676. The van der Waals surface area contributed by atoms with Crippen LogP contribution < -0.4 is 15.5 Å². The molecule has 0 unspecified atom stereocenters. The van der Waals surface area contributed by atoms with E-state index in [4.69, 9.17) is 4.74 Å². The molecule has 1 aliphatic heterocycles. The lowest BCUT2D eigenvalue weighted by Crippen LogP contribution is -2.54. The first-order chi connectivity index (χ1) is 15.6. The maximum atomic E-state index is 13.0. The first-order valence-corrected chi connectivity index (χ1v) is 11.8. The van der Waals surface area contributed by atoms with Crippen LogP contribution in [0.3, 0.4) is 0 Å². The van der Waals surface area contributed by atoms with Crippen LogP contribution >= 0.6 is 0 Å². The summed E-state index contributed by atoms with van der Waals surface area (Å²) < 4.78 is 4.99. The third-order valence-electron chi connectivity index (χ3n) is 7.82. The van der Waals surface area contributed by atoms with Gasteiger partial charge in [-0.05, 0) is 92.7 Å². The van der Waals surface area contributed by atoms with Crippen molar-refractivity contribution in [3.05, 3.63) is 54.1 Å². The van der Waals surface area contributed by atoms with Gasteiger partial charge < -0.3 is 15.4 Å². The van der Waals surface area contributed by atoms with Crippen LogP contribution in [0.15, 0.2) is 48.5 Å². The summed E-state index contributed by atoms with van der Waals surface area (Å²) in [6.07, 6.45) is 7.64. The van der Waals surface area contributed by atoms with E-state index in [0.29, 0.717) is 18.7 Å². The average Bonchev–Trinajstić information content (AvgIpc) is 3.20. The van der Waals surface area contributed by atoms with E-state index in [2.05, 4.69) is 16.7 Å². The van der Waals surface area contributed by atoms with Crippen LogP contribution in [0, 0.1) is 17.8 Å². The summed E-state index contributed by atoms with van der Waals surface area (Å²) in [6, 6.07) is 15.1. The fraction of sp³-hybridized carbons (Fsp3) is 0.462. The molecule has 7 rings (SSSR count). The summed E-state index contributed by atoms with van der Waals surface area (Å²) >= 11 is 0. The van der Waals surface area contributed by atoms with Gasteiger partial charge in [0.05, 0.1) is 17.9 Å². The number of amides is 2. The number of nitrogens with one attached hydrogen (secondary N) is 2. The number of ether oxygens (including phenoxy) is 1. The molecule has 32 heavy (non-hydrogen) atoms. The number of para-hydroxylation sites is 2. The number of cyclic esters (lactones) is 1. The molecule has 4 bridgehead atoms. The molecule has 5 fully saturated rings. The first-order valence-electron chi connectivity index (χ1n) is 11.8. The smallest absolute Gasteiger partial charge is 0.414 e. The van der Waals surface area contributed by atoms with Crippen molar-refractivity contribution in [2.24, 2.45) is 17.8 Å². The van der Waals surface area contributed by atoms with Crippen LogP contribution in [0.2, 0.25) is 0 Å². The Morgan fingerprint density at radius 2 is 1.53 bits per heavy atom. The first kappa shape index (κ1) is 19.6. The summed E-state index contributed by atoms with van der Waals surface area (Å²) in [5, 5.41) is 6.99. The molecular weight excluding hydrogens is 402 g/mol. The fourth-order valence-corrected chi connectivity index (χ4v) is 6.87. The van der Waals surface area contributed by atoms with E-state index in [1.54, 1.807) is 29.2 Å². The fourth-order valence-electron chi connectivity index (χ4n) is 6.87. The van der Waals surface area contributed by atoms with Crippen molar-refractivity contribution < 1.29 is 14.3 Å². The minimum absolute atomic E-state index is 0.152. The van der Waals surface area contributed by atoms with Gasteiger partial charge in [-0.25, -0.2) is 4.79 Å². The van der Waals surface area contributed by atoms with E-state index in [1.807, 2.05) is 18.2 Å². The zero-order valence-electron chi connectivity index (χ0n) is 18.2. The van der Waals surface area contributed by atoms with E-state index in [1.165, 1.54) is 38.5 Å². The molecule has 6 nitrogen and oxygen atoms in total. The molecule has 5 aliphatic rings. The summed E-state index contributed by atoms with van der Waals surface area (Å²) in [5.41, 5.74) is 3.32. The lowest BCUT2D eigenvalue weighted by molar-refractivity contribution is 0.0107. The Kier molecular flexibility index (Phi) is 4.63. The summed E-state index contributed by atoms with van der Waals surface area (Å²) in [7, 11) is 0. The number of nitrogens with zero attached hydrogens (tertiary/aromatic N) is 1.